The van der Waals surface area contributed by atoms with E-state index in [4.69, 9.17) is 5.84 Å². The van der Waals surface area contributed by atoms with Crippen LogP contribution in [-0.4, -0.2) is 15.5 Å². The summed E-state index contributed by atoms with van der Waals surface area (Å²) in [5, 5.41) is 0.637. The lowest BCUT2D eigenvalue weighted by molar-refractivity contribution is -0.121. The van der Waals surface area contributed by atoms with Crippen molar-refractivity contribution in [1.82, 2.24) is 15.0 Å². The number of carbonyl (C=O) groups excluding carboxylic acids is 1. The van der Waals surface area contributed by atoms with Crippen molar-refractivity contribution in [1.29, 1.82) is 0 Å². The molecule has 2 rings (SSSR count). The van der Waals surface area contributed by atoms with Crippen molar-refractivity contribution >= 4 is 16.8 Å². The van der Waals surface area contributed by atoms with Crippen molar-refractivity contribution in [3.63, 3.8) is 0 Å². The second-order valence-electron chi connectivity index (χ2n) is 4.64. The summed E-state index contributed by atoms with van der Waals surface area (Å²) in [6.45, 7) is 0.612. The van der Waals surface area contributed by atoms with Gasteiger partial charge in [0, 0.05) is 13.0 Å². The van der Waals surface area contributed by atoms with E-state index in [1.807, 2.05) is 18.2 Å². The fraction of sp³-hybridized carbons (Fsp3) is 0.357. The molecule has 1 amide bonds. The summed E-state index contributed by atoms with van der Waals surface area (Å²) in [7, 11) is 0. The molecule has 0 saturated carbocycles. The Kier molecular flexibility index (Phi) is 4.84. The zero-order chi connectivity index (χ0) is 14.4. The summed E-state index contributed by atoms with van der Waals surface area (Å²) < 4.78 is 1.62. The maximum atomic E-state index is 12.2. The molecule has 0 fully saturated rings. The molecule has 0 unspecified atom stereocenters. The quantitative estimate of drug-likeness (QED) is 0.355. The number of aromatic nitrogens is 2. The van der Waals surface area contributed by atoms with Crippen molar-refractivity contribution in [2.45, 2.75) is 32.2 Å². The molecular weight excluding hydrogens is 256 g/mol. The van der Waals surface area contributed by atoms with Crippen LogP contribution in [0.2, 0.25) is 0 Å². The van der Waals surface area contributed by atoms with Gasteiger partial charge in [0.1, 0.15) is 0 Å². The minimum atomic E-state index is -0.158. The molecule has 3 N–H and O–H groups in total. The van der Waals surface area contributed by atoms with Crippen LogP contribution in [0.4, 0.5) is 0 Å². The third-order valence-corrected chi connectivity index (χ3v) is 3.20. The Hall–Kier alpha value is -2.21. The highest BCUT2D eigenvalue weighted by atomic mass is 16.2. The Labute approximate surface area is 116 Å². The molecule has 1 aromatic carbocycles. The van der Waals surface area contributed by atoms with Gasteiger partial charge >= 0.3 is 0 Å². The number of unbranched alkanes of at least 4 members (excludes halogenated alkanes) is 2. The fourth-order valence-electron chi connectivity index (χ4n) is 2.08. The lowest BCUT2D eigenvalue weighted by Crippen LogP contribution is -2.29. The van der Waals surface area contributed by atoms with Crippen LogP contribution in [0.15, 0.2) is 35.4 Å². The molecule has 0 aliphatic heterocycles. The van der Waals surface area contributed by atoms with Crippen molar-refractivity contribution in [3.8, 4) is 0 Å². The number of hydrazine groups is 1. The number of carbonyl (C=O) groups is 1. The molecule has 0 aliphatic rings. The number of nitrogens with two attached hydrogens (primary N) is 1. The van der Waals surface area contributed by atoms with E-state index < -0.39 is 0 Å². The summed E-state index contributed by atoms with van der Waals surface area (Å²) in [5.74, 6) is 4.84. The number of hydrogen-bond acceptors (Lipinski definition) is 4. The molecule has 106 valence electrons. The second kappa shape index (κ2) is 6.81. The molecule has 0 spiro atoms. The van der Waals surface area contributed by atoms with E-state index in [1.165, 1.54) is 0 Å². The third-order valence-electron chi connectivity index (χ3n) is 3.20. The van der Waals surface area contributed by atoms with Gasteiger partial charge in [0.15, 0.2) is 0 Å². The number of hydrogen-bond donors (Lipinski definition) is 2. The monoisotopic (exact) mass is 274 g/mol. The first-order chi connectivity index (χ1) is 9.72. The average Bonchev–Trinajstić information content (AvgIpc) is 2.49. The zero-order valence-corrected chi connectivity index (χ0v) is 11.2. The van der Waals surface area contributed by atoms with Gasteiger partial charge in [0.25, 0.3) is 5.56 Å². The number of aryl methyl sites for hydroxylation is 1. The maximum absolute atomic E-state index is 12.2. The van der Waals surface area contributed by atoms with E-state index >= 15 is 0 Å². The standard InChI is InChI=1S/C14H18N4O2/c15-17-13(19)8-2-1-5-9-18-10-16-12-7-4-3-6-11(12)14(18)20/h3-4,6-7,10H,1-2,5,8-9,15H2,(H,17,19). The highest BCUT2D eigenvalue weighted by Crippen LogP contribution is 2.06. The Morgan fingerprint density at radius 3 is 2.85 bits per heavy atom. The molecule has 0 radical (unpaired) electrons. The second-order valence-corrected chi connectivity index (χ2v) is 4.64. The van der Waals surface area contributed by atoms with Crippen molar-refractivity contribution < 1.29 is 4.79 Å². The van der Waals surface area contributed by atoms with Gasteiger partial charge in [-0.3, -0.25) is 19.6 Å². The molecule has 1 heterocycles. The summed E-state index contributed by atoms with van der Waals surface area (Å²) >= 11 is 0. The predicted octanol–water partition coefficient (Wildman–Crippen LogP) is 0.947. The van der Waals surface area contributed by atoms with Gasteiger partial charge in [-0.1, -0.05) is 18.6 Å². The number of nitrogens with one attached hydrogen (secondary N) is 1. The zero-order valence-electron chi connectivity index (χ0n) is 11.2. The molecule has 0 atom stereocenters. The van der Waals surface area contributed by atoms with Gasteiger partial charge < -0.3 is 0 Å². The van der Waals surface area contributed by atoms with E-state index in [9.17, 15) is 9.59 Å². The SMILES string of the molecule is NNC(=O)CCCCCn1cnc2ccccc2c1=O. The molecule has 0 aliphatic carbocycles. The van der Waals surface area contributed by atoms with Crippen LogP contribution in [-0.2, 0) is 11.3 Å². The van der Waals surface area contributed by atoms with E-state index in [0.29, 0.717) is 23.9 Å². The number of nitrogens with zero attached hydrogens (tertiary/aromatic N) is 2. The topological polar surface area (TPSA) is 90.0 Å². The number of para-hydroxylation sites is 1. The highest BCUT2D eigenvalue weighted by molar-refractivity contribution is 5.76. The number of benzene rings is 1. The molecule has 0 saturated heterocycles. The molecular formula is C14H18N4O2. The smallest absolute Gasteiger partial charge is 0.261 e. The number of rotatable bonds is 6. The van der Waals surface area contributed by atoms with Crippen molar-refractivity contribution in [2.75, 3.05) is 0 Å². The average molecular weight is 274 g/mol. The Bertz CT molecular complexity index is 651. The number of fused-ring (bicyclic) bond motifs is 1. The highest BCUT2D eigenvalue weighted by Gasteiger charge is 2.03. The first-order valence-corrected chi connectivity index (χ1v) is 6.66. The Balaban J connectivity index is 1.92. The Morgan fingerprint density at radius 1 is 1.25 bits per heavy atom. The molecule has 6 heteroatoms. The largest absolute Gasteiger partial charge is 0.299 e. The minimum Gasteiger partial charge on any atom is -0.299 e. The Morgan fingerprint density at radius 2 is 2.05 bits per heavy atom. The van der Waals surface area contributed by atoms with E-state index in [1.54, 1.807) is 17.0 Å². The molecule has 1 aromatic heterocycles. The van der Waals surface area contributed by atoms with Crippen molar-refractivity contribution in [2.24, 2.45) is 5.84 Å². The van der Waals surface area contributed by atoms with Crippen LogP contribution in [0, 0.1) is 0 Å². The summed E-state index contributed by atoms with van der Waals surface area (Å²) in [4.78, 5) is 27.4. The van der Waals surface area contributed by atoms with E-state index in [0.717, 1.165) is 19.3 Å². The molecule has 6 nitrogen and oxygen atoms in total. The van der Waals surface area contributed by atoms with Crippen LogP contribution in [0.25, 0.3) is 10.9 Å². The lowest BCUT2D eigenvalue weighted by atomic mass is 10.2. The maximum Gasteiger partial charge on any atom is 0.261 e. The van der Waals surface area contributed by atoms with Crippen molar-refractivity contribution in [3.05, 3.63) is 40.9 Å². The minimum absolute atomic E-state index is 0.0182. The van der Waals surface area contributed by atoms with Crippen LogP contribution >= 0.6 is 0 Å². The summed E-state index contributed by atoms with van der Waals surface area (Å²) in [6, 6.07) is 7.31. The lowest BCUT2D eigenvalue weighted by Gasteiger charge is -2.06. The molecule has 20 heavy (non-hydrogen) atoms. The normalized spacial score (nSPS) is 10.7. The van der Waals surface area contributed by atoms with Crippen LogP contribution in [0.5, 0.6) is 0 Å². The van der Waals surface area contributed by atoms with Crippen LogP contribution in [0.3, 0.4) is 0 Å². The van der Waals surface area contributed by atoms with Gasteiger partial charge in [-0.25, -0.2) is 10.8 Å². The van der Waals surface area contributed by atoms with Gasteiger partial charge in [-0.05, 0) is 25.0 Å². The van der Waals surface area contributed by atoms with Gasteiger partial charge in [0.05, 0.1) is 17.2 Å². The van der Waals surface area contributed by atoms with E-state index in [2.05, 4.69) is 10.4 Å². The molecule has 0 bridgehead atoms. The van der Waals surface area contributed by atoms with Gasteiger partial charge in [0.2, 0.25) is 5.91 Å². The summed E-state index contributed by atoms with van der Waals surface area (Å²) in [5.41, 5.74) is 2.80. The van der Waals surface area contributed by atoms with E-state index in [-0.39, 0.29) is 11.5 Å². The first-order valence-electron chi connectivity index (χ1n) is 6.66. The number of amides is 1. The van der Waals surface area contributed by atoms with Crippen LogP contribution < -0.4 is 16.8 Å². The summed E-state index contributed by atoms with van der Waals surface area (Å²) in [6.07, 6.45) is 4.46. The van der Waals surface area contributed by atoms with Gasteiger partial charge in [-0.2, -0.15) is 0 Å². The fourth-order valence-corrected chi connectivity index (χ4v) is 2.08. The van der Waals surface area contributed by atoms with Crippen LogP contribution in [0.1, 0.15) is 25.7 Å². The van der Waals surface area contributed by atoms with Gasteiger partial charge in [-0.15, -0.1) is 0 Å². The third kappa shape index (κ3) is 3.42. The first kappa shape index (κ1) is 14.2. The molecule has 2 aromatic rings. The predicted molar refractivity (Wildman–Crippen MR) is 76.8 cm³/mol.